The molecule has 74 valence electrons. The summed E-state index contributed by atoms with van der Waals surface area (Å²) in [7, 11) is 0. The molecule has 0 saturated carbocycles. The van der Waals surface area contributed by atoms with Crippen LogP contribution in [0.25, 0.3) is 0 Å². The van der Waals surface area contributed by atoms with Crippen molar-refractivity contribution in [2.24, 2.45) is 0 Å². The van der Waals surface area contributed by atoms with Crippen LogP contribution in [0.5, 0.6) is 0 Å². The lowest BCUT2D eigenvalue weighted by atomic mass is 9.94. The lowest BCUT2D eigenvalue weighted by Crippen LogP contribution is -1.92. The maximum absolute atomic E-state index is 3.52. The first kappa shape index (κ1) is 10.9. The van der Waals surface area contributed by atoms with E-state index in [2.05, 4.69) is 37.1 Å². The topological polar surface area (TPSA) is 0 Å². The Balaban J connectivity index is 2.80. The molecule has 0 N–H and O–H groups in total. The van der Waals surface area contributed by atoms with Gasteiger partial charge in [-0.15, -0.1) is 0 Å². The molecule has 0 unspecified atom stereocenters. The molecular weight excluding hydrogens is 168 g/mol. The second-order valence-electron chi connectivity index (χ2n) is 3.56. The third kappa shape index (κ3) is 3.26. The molecule has 0 heteroatoms. The average molecular weight is 186 g/mol. The van der Waals surface area contributed by atoms with Gasteiger partial charge in [0.05, 0.1) is 0 Å². The molecule has 0 atom stereocenters. The van der Waals surface area contributed by atoms with E-state index in [1.165, 1.54) is 30.4 Å². The normalized spacial score (nSPS) is 14.9. The summed E-state index contributed by atoms with van der Waals surface area (Å²) < 4.78 is 0. The predicted octanol–water partition coefficient (Wildman–Crippen LogP) is 4.32. The first-order valence-electron chi connectivity index (χ1n) is 5.38. The van der Waals surface area contributed by atoms with Crippen molar-refractivity contribution in [3.05, 3.63) is 47.4 Å². The van der Waals surface area contributed by atoms with E-state index in [4.69, 9.17) is 0 Å². The average Bonchev–Trinajstić information content (AvgIpc) is 2.24. The molecule has 0 bridgehead atoms. The molecule has 0 aromatic carbocycles. The van der Waals surface area contributed by atoms with Crippen LogP contribution >= 0.6 is 0 Å². The van der Waals surface area contributed by atoms with Crippen molar-refractivity contribution in [3.63, 3.8) is 0 Å². The van der Waals surface area contributed by atoms with E-state index in [0.717, 1.165) is 12.8 Å². The van der Waals surface area contributed by atoms with Gasteiger partial charge in [-0.25, -0.2) is 0 Å². The number of hydrogen-bond donors (Lipinski definition) is 0. The molecule has 0 spiro atoms. The summed E-state index contributed by atoms with van der Waals surface area (Å²) in [6, 6.07) is 0. The summed E-state index contributed by atoms with van der Waals surface area (Å²) in [5.41, 5.74) is 8.51. The zero-order valence-electron chi connectivity index (χ0n) is 8.97. The lowest BCUT2D eigenvalue weighted by Gasteiger charge is -2.11. The quantitative estimate of drug-likeness (QED) is 0.574. The highest BCUT2D eigenvalue weighted by Gasteiger charge is 2.04. The maximum Gasteiger partial charge on any atom is -0.00806 e. The fourth-order valence-electron chi connectivity index (χ4n) is 1.65. The van der Waals surface area contributed by atoms with Crippen LogP contribution in [0.1, 0.15) is 39.0 Å². The largest absolute Gasteiger partial charge is 0.0839 e. The van der Waals surface area contributed by atoms with Crippen LogP contribution in [0.15, 0.2) is 47.4 Å². The highest BCUT2D eigenvalue weighted by Crippen LogP contribution is 2.23. The summed E-state index contributed by atoms with van der Waals surface area (Å²) in [4.78, 5) is 0. The van der Waals surface area contributed by atoms with Crippen molar-refractivity contribution in [2.45, 2.75) is 39.0 Å². The third-order valence-corrected chi connectivity index (χ3v) is 2.46. The second kappa shape index (κ2) is 6.27. The van der Waals surface area contributed by atoms with E-state index in [1.54, 1.807) is 0 Å². The summed E-state index contributed by atoms with van der Waals surface area (Å²) >= 11 is 0. The molecule has 0 radical (unpaired) electrons. The third-order valence-electron chi connectivity index (χ3n) is 2.46. The van der Waals surface area contributed by atoms with Crippen LogP contribution in [0, 0.1) is 0 Å². The van der Waals surface area contributed by atoms with Gasteiger partial charge in [-0.1, -0.05) is 37.0 Å². The summed E-state index contributed by atoms with van der Waals surface area (Å²) in [5.74, 6) is 0. The van der Waals surface area contributed by atoms with Crippen molar-refractivity contribution in [2.75, 3.05) is 0 Å². The monoisotopic (exact) mass is 186 g/mol. The van der Waals surface area contributed by atoms with Crippen LogP contribution in [-0.2, 0) is 0 Å². The number of unbranched alkanes of at least 4 members (excludes halogenated alkanes) is 1. The van der Waals surface area contributed by atoms with Crippen LogP contribution in [0.2, 0.25) is 0 Å². The molecule has 1 aliphatic rings. The van der Waals surface area contributed by atoms with Gasteiger partial charge in [-0.05, 0) is 49.5 Å². The van der Waals surface area contributed by atoms with E-state index in [1.807, 2.05) is 6.08 Å². The fourth-order valence-corrected chi connectivity index (χ4v) is 1.65. The van der Waals surface area contributed by atoms with Crippen LogP contribution < -0.4 is 0 Å². The van der Waals surface area contributed by atoms with Gasteiger partial charge in [0.15, 0.2) is 0 Å². The molecule has 0 fully saturated rings. The smallest absolute Gasteiger partial charge is 0.00806 e. The Morgan fingerprint density at radius 1 is 1.57 bits per heavy atom. The van der Waals surface area contributed by atoms with Crippen molar-refractivity contribution < 1.29 is 0 Å². The Labute approximate surface area is 87.0 Å². The molecular formula is C14H18. The molecule has 0 aliphatic heterocycles. The molecule has 0 amide bonds. The van der Waals surface area contributed by atoms with E-state index < -0.39 is 0 Å². The molecule has 0 aromatic rings. The highest BCUT2D eigenvalue weighted by molar-refractivity contribution is 5.35. The summed E-state index contributed by atoms with van der Waals surface area (Å²) in [6.45, 7) is 5.75. The van der Waals surface area contributed by atoms with Crippen molar-refractivity contribution >= 4 is 0 Å². The predicted molar refractivity (Wildman–Crippen MR) is 62.1 cm³/mol. The molecule has 1 rings (SSSR count). The van der Waals surface area contributed by atoms with E-state index in [0.29, 0.717) is 0 Å². The maximum atomic E-state index is 3.52. The zero-order chi connectivity index (χ0) is 10.2. The Morgan fingerprint density at radius 3 is 3.14 bits per heavy atom. The van der Waals surface area contributed by atoms with E-state index in [9.17, 15) is 0 Å². The van der Waals surface area contributed by atoms with Gasteiger partial charge < -0.3 is 0 Å². The fraction of sp³-hybridized carbons (Fsp3) is 0.429. The molecule has 14 heavy (non-hydrogen) atoms. The standard InChI is InChI=1S/C14H18/c1-3-5-9-13-11-7-8-12-14(13)10-6-4-2/h8-9,12H,1,4,6-7,10-11H2,2H3. The van der Waals surface area contributed by atoms with Crippen molar-refractivity contribution in [1.29, 1.82) is 0 Å². The van der Waals surface area contributed by atoms with Gasteiger partial charge in [-0.3, -0.25) is 0 Å². The molecule has 0 heterocycles. The molecule has 1 aliphatic carbocycles. The van der Waals surface area contributed by atoms with Gasteiger partial charge in [0.25, 0.3) is 0 Å². The van der Waals surface area contributed by atoms with E-state index >= 15 is 0 Å². The highest BCUT2D eigenvalue weighted by atomic mass is 14.1. The minimum Gasteiger partial charge on any atom is -0.0839 e. The Kier molecular flexibility index (Phi) is 4.86. The van der Waals surface area contributed by atoms with Crippen LogP contribution in [0.3, 0.4) is 0 Å². The molecule has 0 nitrogen and oxygen atoms in total. The minimum absolute atomic E-state index is 1.14. The summed E-state index contributed by atoms with van der Waals surface area (Å²) in [5, 5.41) is 0. The first-order chi connectivity index (χ1) is 6.88. The number of rotatable bonds is 4. The Morgan fingerprint density at radius 2 is 2.43 bits per heavy atom. The van der Waals surface area contributed by atoms with Crippen molar-refractivity contribution in [1.82, 2.24) is 0 Å². The SMILES string of the molecule is C=C=C=CC1=C(CCCC)C=CCC1. The number of allylic oxidation sites excluding steroid dienone is 5. The van der Waals surface area contributed by atoms with Crippen LogP contribution in [0.4, 0.5) is 0 Å². The second-order valence-corrected chi connectivity index (χ2v) is 3.56. The molecule has 0 aromatic heterocycles. The zero-order valence-corrected chi connectivity index (χ0v) is 8.97. The minimum atomic E-state index is 1.14. The van der Waals surface area contributed by atoms with Gasteiger partial charge in [0.1, 0.15) is 0 Å². The van der Waals surface area contributed by atoms with Gasteiger partial charge in [0, 0.05) is 0 Å². The van der Waals surface area contributed by atoms with E-state index in [-0.39, 0.29) is 0 Å². The van der Waals surface area contributed by atoms with Gasteiger partial charge in [-0.2, -0.15) is 0 Å². The van der Waals surface area contributed by atoms with Gasteiger partial charge in [0.2, 0.25) is 0 Å². The van der Waals surface area contributed by atoms with Gasteiger partial charge >= 0.3 is 0 Å². The Bertz CT molecular complexity index is 316. The first-order valence-corrected chi connectivity index (χ1v) is 5.38. The number of hydrogen-bond acceptors (Lipinski definition) is 0. The van der Waals surface area contributed by atoms with Crippen molar-refractivity contribution in [3.8, 4) is 0 Å². The van der Waals surface area contributed by atoms with Crippen LogP contribution in [-0.4, -0.2) is 0 Å². The lowest BCUT2D eigenvalue weighted by molar-refractivity contribution is 0.782. The molecule has 0 saturated heterocycles. The Hall–Kier alpha value is -1.22. The summed E-state index contributed by atoms with van der Waals surface area (Å²) in [6.07, 6.45) is 12.6.